The molecule has 0 spiro atoms. The lowest BCUT2D eigenvalue weighted by Crippen LogP contribution is -2.43. The summed E-state index contributed by atoms with van der Waals surface area (Å²) in [5.74, 6) is -0.884. The molecule has 0 unspecified atom stereocenters. The summed E-state index contributed by atoms with van der Waals surface area (Å²) in [6.07, 6.45) is 0.522. The molecule has 2 aliphatic carbocycles. The van der Waals surface area contributed by atoms with E-state index in [1.54, 1.807) is 0 Å². The van der Waals surface area contributed by atoms with Gasteiger partial charge in [-0.05, 0) is 64.8 Å². The Labute approximate surface area is 187 Å². The Balaban J connectivity index is 1.66. The maximum Gasteiger partial charge on any atom is 0.431 e. The number of carboxylic acid groups (broad SMARTS) is 1. The molecule has 6 rings (SSSR count). The Hall–Kier alpha value is -3.61. The molecule has 0 bridgehead atoms. The fraction of sp³-hybridized carbons (Fsp3) is 0.231. The number of carbonyl (C=O) groups is 1. The van der Waals surface area contributed by atoms with Crippen molar-refractivity contribution in [2.24, 2.45) is 0 Å². The summed E-state index contributed by atoms with van der Waals surface area (Å²) in [4.78, 5) is 16.8. The van der Waals surface area contributed by atoms with Gasteiger partial charge in [-0.2, -0.15) is 13.2 Å². The van der Waals surface area contributed by atoms with Crippen molar-refractivity contribution < 1.29 is 23.1 Å². The molecule has 1 N–H and O–H groups in total. The van der Waals surface area contributed by atoms with Crippen LogP contribution in [0.15, 0.2) is 60.9 Å². The summed E-state index contributed by atoms with van der Waals surface area (Å²) in [5, 5.41) is 10.3. The van der Waals surface area contributed by atoms with Crippen LogP contribution in [0.25, 0.3) is 27.9 Å². The molecule has 33 heavy (non-hydrogen) atoms. The van der Waals surface area contributed by atoms with Crippen molar-refractivity contribution in [2.45, 2.75) is 37.3 Å². The SMILES string of the molecule is O=C(O)C1(c2c(-c3ccc(C(F)(F)F)n4ccnc34)ccc3c2Cc2ccccc2-3)CCC1. The maximum absolute atomic E-state index is 13.6. The van der Waals surface area contributed by atoms with Gasteiger partial charge in [0.2, 0.25) is 0 Å². The van der Waals surface area contributed by atoms with Crippen LogP contribution in [0.5, 0.6) is 0 Å². The van der Waals surface area contributed by atoms with Crippen molar-refractivity contribution in [3.05, 3.63) is 83.3 Å². The number of alkyl halides is 3. The molecular weight excluding hydrogens is 429 g/mol. The number of halogens is 3. The molecule has 1 saturated carbocycles. The quantitative estimate of drug-likeness (QED) is 0.363. The third-order valence-electron chi connectivity index (χ3n) is 7.21. The summed E-state index contributed by atoms with van der Waals surface area (Å²) in [7, 11) is 0. The molecule has 2 aromatic carbocycles. The van der Waals surface area contributed by atoms with Crippen LogP contribution in [-0.4, -0.2) is 20.5 Å². The summed E-state index contributed by atoms with van der Waals surface area (Å²) in [6.45, 7) is 0. The zero-order chi connectivity index (χ0) is 23.0. The highest BCUT2D eigenvalue weighted by atomic mass is 19.4. The van der Waals surface area contributed by atoms with Crippen molar-refractivity contribution in [2.75, 3.05) is 0 Å². The Kier molecular flexibility index (Phi) is 4.07. The molecule has 0 atom stereocenters. The molecule has 2 aromatic heterocycles. The van der Waals surface area contributed by atoms with Crippen LogP contribution in [0.1, 0.15) is 41.6 Å². The first kappa shape index (κ1) is 20.0. The number of nitrogens with zero attached hydrogens (tertiary/aromatic N) is 2. The van der Waals surface area contributed by atoms with E-state index in [2.05, 4.69) is 4.98 Å². The van der Waals surface area contributed by atoms with E-state index in [-0.39, 0.29) is 5.65 Å². The zero-order valence-electron chi connectivity index (χ0n) is 17.5. The van der Waals surface area contributed by atoms with E-state index in [1.165, 1.54) is 18.5 Å². The monoisotopic (exact) mass is 448 g/mol. The van der Waals surface area contributed by atoms with E-state index in [9.17, 15) is 23.1 Å². The molecule has 0 radical (unpaired) electrons. The number of benzene rings is 2. The van der Waals surface area contributed by atoms with Gasteiger partial charge in [-0.1, -0.05) is 42.8 Å². The van der Waals surface area contributed by atoms with E-state index in [0.29, 0.717) is 30.4 Å². The zero-order valence-corrected chi connectivity index (χ0v) is 17.5. The van der Waals surface area contributed by atoms with Gasteiger partial charge in [0, 0.05) is 18.0 Å². The number of imidazole rings is 1. The lowest BCUT2D eigenvalue weighted by Gasteiger charge is -2.41. The summed E-state index contributed by atoms with van der Waals surface area (Å²) >= 11 is 0. The van der Waals surface area contributed by atoms with Gasteiger partial charge in [-0.15, -0.1) is 0 Å². The van der Waals surface area contributed by atoms with E-state index in [0.717, 1.165) is 44.7 Å². The van der Waals surface area contributed by atoms with Crippen LogP contribution in [0.2, 0.25) is 0 Å². The van der Waals surface area contributed by atoms with Gasteiger partial charge >= 0.3 is 12.1 Å². The highest BCUT2D eigenvalue weighted by Crippen LogP contribution is 2.53. The van der Waals surface area contributed by atoms with Crippen molar-refractivity contribution in [1.82, 2.24) is 9.38 Å². The Morgan fingerprint density at radius 3 is 2.39 bits per heavy atom. The average molecular weight is 448 g/mol. The minimum Gasteiger partial charge on any atom is -0.481 e. The van der Waals surface area contributed by atoms with Crippen LogP contribution in [-0.2, 0) is 22.8 Å². The third kappa shape index (κ3) is 2.71. The van der Waals surface area contributed by atoms with Gasteiger partial charge in [0.1, 0.15) is 11.3 Å². The number of rotatable bonds is 3. The third-order valence-corrected chi connectivity index (χ3v) is 7.21. The Morgan fingerprint density at radius 1 is 0.970 bits per heavy atom. The summed E-state index contributed by atoms with van der Waals surface area (Å²) < 4.78 is 41.8. The number of carboxylic acids is 1. The van der Waals surface area contributed by atoms with Crippen molar-refractivity contribution >= 4 is 11.6 Å². The smallest absolute Gasteiger partial charge is 0.431 e. The van der Waals surface area contributed by atoms with E-state index in [4.69, 9.17) is 0 Å². The van der Waals surface area contributed by atoms with Gasteiger partial charge in [-0.25, -0.2) is 4.98 Å². The lowest BCUT2D eigenvalue weighted by atomic mass is 9.61. The van der Waals surface area contributed by atoms with Crippen LogP contribution < -0.4 is 0 Å². The number of fused-ring (bicyclic) bond motifs is 4. The highest BCUT2D eigenvalue weighted by molar-refractivity contribution is 5.94. The molecule has 2 heterocycles. The molecule has 4 aromatic rings. The molecule has 2 aliphatic rings. The number of hydrogen-bond acceptors (Lipinski definition) is 2. The van der Waals surface area contributed by atoms with Gasteiger partial charge in [0.05, 0.1) is 5.41 Å². The molecule has 0 aliphatic heterocycles. The standard InChI is InChI=1S/C26H19F3N2O2/c27-26(28,29)21-9-8-19(23-30-12-13-31(21)23)18-7-6-17-16-5-2-1-4-15(16)14-20(17)22(18)25(24(32)33)10-3-11-25/h1-2,4-9,12-13H,3,10-11,14H2,(H,32,33). The molecule has 7 heteroatoms. The fourth-order valence-electron chi connectivity index (χ4n) is 5.54. The predicted molar refractivity (Wildman–Crippen MR) is 117 cm³/mol. The molecular formula is C26H19F3N2O2. The Morgan fingerprint density at radius 2 is 1.70 bits per heavy atom. The number of aliphatic carboxylic acids is 1. The molecule has 4 nitrogen and oxygen atoms in total. The topological polar surface area (TPSA) is 54.6 Å². The van der Waals surface area contributed by atoms with E-state index >= 15 is 0 Å². The van der Waals surface area contributed by atoms with Crippen molar-refractivity contribution in [1.29, 1.82) is 0 Å². The number of pyridine rings is 1. The molecule has 0 amide bonds. The minimum absolute atomic E-state index is 0.168. The van der Waals surface area contributed by atoms with Gasteiger partial charge in [0.15, 0.2) is 0 Å². The highest BCUT2D eigenvalue weighted by Gasteiger charge is 2.49. The maximum atomic E-state index is 13.6. The number of aromatic nitrogens is 2. The van der Waals surface area contributed by atoms with Crippen LogP contribution in [0.4, 0.5) is 13.2 Å². The second kappa shape index (κ2) is 6.70. The second-order valence-corrected chi connectivity index (χ2v) is 8.84. The summed E-state index contributed by atoms with van der Waals surface area (Å²) in [5.41, 5.74) is 4.36. The molecule has 1 fully saturated rings. The normalized spacial score (nSPS) is 16.3. The van der Waals surface area contributed by atoms with Crippen molar-refractivity contribution in [3.63, 3.8) is 0 Å². The molecule has 166 valence electrons. The van der Waals surface area contributed by atoms with Gasteiger partial charge in [-0.3, -0.25) is 9.20 Å². The second-order valence-electron chi connectivity index (χ2n) is 8.84. The first-order chi connectivity index (χ1) is 15.8. The van der Waals surface area contributed by atoms with E-state index in [1.807, 2.05) is 36.4 Å². The van der Waals surface area contributed by atoms with E-state index < -0.39 is 23.3 Å². The average Bonchev–Trinajstić information content (AvgIpc) is 3.36. The van der Waals surface area contributed by atoms with Crippen molar-refractivity contribution in [3.8, 4) is 22.3 Å². The van der Waals surface area contributed by atoms with Gasteiger partial charge in [0.25, 0.3) is 0 Å². The lowest BCUT2D eigenvalue weighted by molar-refractivity contribution is -0.147. The van der Waals surface area contributed by atoms with Crippen LogP contribution >= 0.6 is 0 Å². The minimum atomic E-state index is -4.53. The first-order valence-corrected chi connectivity index (χ1v) is 10.8. The van der Waals surface area contributed by atoms with Gasteiger partial charge < -0.3 is 5.11 Å². The first-order valence-electron chi connectivity index (χ1n) is 10.8. The predicted octanol–water partition coefficient (Wildman–Crippen LogP) is 6.10. The van der Waals surface area contributed by atoms with Crippen LogP contribution in [0, 0.1) is 0 Å². The summed E-state index contributed by atoms with van der Waals surface area (Å²) in [6, 6.07) is 14.3. The molecule has 0 saturated heterocycles. The number of hydrogen-bond donors (Lipinski definition) is 1. The largest absolute Gasteiger partial charge is 0.481 e. The Bertz CT molecular complexity index is 1450. The fourth-order valence-corrected chi connectivity index (χ4v) is 5.54. The van der Waals surface area contributed by atoms with Crippen LogP contribution in [0.3, 0.4) is 0 Å².